The first-order valence-electron chi connectivity index (χ1n) is 7.39. The zero-order chi connectivity index (χ0) is 14.8. The molecule has 2 aromatic carbocycles. The molecule has 1 aliphatic heterocycles. The molecule has 1 atom stereocenters. The maximum atomic E-state index is 12.7. The van der Waals surface area contributed by atoms with Gasteiger partial charge in [-0.25, -0.2) is 0 Å². The van der Waals surface area contributed by atoms with Gasteiger partial charge in [0, 0.05) is 17.4 Å². The first-order chi connectivity index (χ1) is 10.1. The molecule has 0 fully saturated rings. The molecule has 1 heterocycles. The number of carbonyl (C=O) groups is 1. The SMILES string of the molecule is CC1CCc2ccccc2N1C(=O)Cc1cccc(N)c1. The molecule has 0 aromatic heterocycles. The van der Waals surface area contributed by atoms with E-state index in [2.05, 4.69) is 13.0 Å². The molecule has 21 heavy (non-hydrogen) atoms. The summed E-state index contributed by atoms with van der Waals surface area (Å²) in [5.74, 6) is 0.139. The predicted molar refractivity (Wildman–Crippen MR) is 86.3 cm³/mol. The van der Waals surface area contributed by atoms with Gasteiger partial charge in [0.2, 0.25) is 5.91 Å². The Balaban J connectivity index is 1.87. The number of rotatable bonds is 2. The van der Waals surface area contributed by atoms with E-state index in [4.69, 9.17) is 5.73 Å². The molecule has 0 saturated carbocycles. The number of anilines is 2. The van der Waals surface area contributed by atoms with E-state index in [1.54, 1.807) is 0 Å². The zero-order valence-corrected chi connectivity index (χ0v) is 12.3. The first-order valence-corrected chi connectivity index (χ1v) is 7.39. The number of fused-ring (bicyclic) bond motifs is 1. The van der Waals surface area contributed by atoms with E-state index in [1.807, 2.05) is 47.4 Å². The van der Waals surface area contributed by atoms with Gasteiger partial charge in [-0.05, 0) is 49.1 Å². The second-order valence-corrected chi connectivity index (χ2v) is 5.70. The van der Waals surface area contributed by atoms with Crippen molar-refractivity contribution in [3.05, 3.63) is 59.7 Å². The lowest BCUT2D eigenvalue weighted by Gasteiger charge is -2.35. The zero-order valence-electron chi connectivity index (χ0n) is 12.3. The van der Waals surface area contributed by atoms with Crippen molar-refractivity contribution in [3.63, 3.8) is 0 Å². The highest BCUT2D eigenvalue weighted by atomic mass is 16.2. The molecule has 0 bridgehead atoms. The number of carbonyl (C=O) groups excluding carboxylic acids is 1. The van der Waals surface area contributed by atoms with Gasteiger partial charge in [-0.1, -0.05) is 30.3 Å². The monoisotopic (exact) mass is 280 g/mol. The molecule has 2 aromatic rings. The summed E-state index contributed by atoms with van der Waals surface area (Å²) >= 11 is 0. The van der Waals surface area contributed by atoms with E-state index in [0.29, 0.717) is 12.1 Å². The Hall–Kier alpha value is -2.29. The summed E-state index contributed by atoms with van der Waals surface area (Å²) in [4.78, 5) is 14.7. The lowest BCUT2D eigenvalue weighted by atomic mass is 9.96. The molecule has 0 radical (unpaired) electrons. The molecule has 3 rings (SSSR count). The Morgan fingerprint density at radius 2 is 2.05 bits per heavy atom. The first kappa shape index (κ1) is 13.7. The van der Waals surface area contributed by atoms with Crippen LogP contribution in [0, 0.1) is 0 Å². The largest absolute Gasteiger partial charge is 0.399 e. The maximum absolute atomic E-state index is 12.7. The predicted octanol–water partition coefficient (Wildman–Crippen LogP) is 3.18. The summed E-state index contributed by atoms with van der Waals surface area (Å²) in [5, 5.41) is 0. The van der Waals surface area contributed by atoms with Crippen LogP contribution in [-0.4, -0.2) is 11.9 Å². The summed E-state index contributed by atoms with van der Waals surface area (Å²) < 4.78 is 0. The smallest absolute Gasteiger partial charge is 0.231 e. The second kappa shape index (κ2) is 5.60. The van der Waals surface area contributed by atoms with Gasteiger partial charge < -0.3 is 10.6 Å². The van der Waals surface area contributed by atoms with E-state index in [9.17, 15) is 4.79 Å². The molecule has 3 nitrogen and oxygen atoms in total. The fourth-order valence-electron chi connectivity index (χ4n) is 3.03. The highest BCUT2D eigenvalue weighted by Crippen LogP contribution is 2.31. The van der Waals surface area contributed by atoms with Crippen LogP contribution in [0.5, 0.6) is 0 Å². The maximum Gasteiger partial charge on any atom is 0.231 e. The lowest BCUT2D eigenvalue weighted by molar-refractivity contribution is -0.118. The van der Waals surface area contributed by atoms with Crippen LogP contribution in [0.1, 0.15) is 24.5 Å². The van der Waals surface area contributed by atoms with Crippen molar-refractivity contribution < 1.29 is 4.79 Å². The summed E-state index contributed by atoms with van der Waals surface area (Å²) in [7, 11) is 0. The van der Waals surface area contributed by atoms with Crippen molar-refractivity contribution in [2.45, 2.75) is 32.2 Å². The molecule has 1 amide bonds. The van der Waals surface area contributed by atoms with Crippen LogP contribution < -0.4 is 10.6 Å². The van der Waals surface area contributed by atoms with Gasteiger partial charge in [-0.15, -0.1) is 0 Å². The van der Waals surface area contributed by atoms with Crippen molar-refractivity contribution in [3.8, 4) is 0 Å². The van der Waals surface area contributed by atoms with Crippen molar-refractivity contribution in [1.82, 2.24) is 0 Å². The fourth-order valence-corrected chi connectivity index (χ4v) is 3.03. The van der Waals surface area contributed by atoms with E-state index in [-0.39, 0.29) is 11.9 Å². The molecule has 1 unspecified atom stereocenters. The number of benzene rings is 2. The van der Waals surface area contributed by atoms with Crippen LogP contribution in [0.4, 0.5) is 11.4 Å². The molecule has 0 spiro atoms. The van der Waals surface area contributed by atoms with Crippen molar-refractivity contribution in [2.75, 3.05) is 10.6 Å². The number of para-hydroxylation sites is 1. The molecular formula is C18H20N2O. The van der Waals surface area contributed by atoms with Crippen molar-refractivity contribution in [1.29, 1.82) is 0 Å². The lowest BCUT2D eigenvalue weighted by Crippen LogP contribution is -2.42. The third kappa shape index (κ3) is 2.77. The topological polar surface area (TPSA) is 46.3 Å². The highest BCUT2D eigenvalue weighted by molar-refractivity contribution is 5.96. The van der Waals surface area contributed by atoms with Crippen LogP contribution in [0.2, 0.25) is 0 Å². The van der Waals surface area contributed by atoms with Crippen molar-refractivity contribution >= 4 is 17.3 Å². The van der Waals surface area contributed by atoms with Crippen molar-refractivity contribution in [2.24, 2.45) is 0 Å². The van der Waals surface area contributed by atoms with Crippen LogP contribution in [-0.2, 0) is 17.6 Å². The van der Waals surface area contributed by atoms with Crippen LogP contribution >= 0.6 is 0 Å². The number of nitrogens with two attached hydrogens (primary N) is 1. The minimum atomic E-state index is 0.139. The van der Waals surface area contributed by atoms with E-state index < -0.39 is 0 Å². The van der Waals surface area contributed by atoms with Gasteiger partial charge in [-0.2, -0.15) is 0 Å². The van der Waals surface area contributed by atoms with Crippen LogP contribution in [0.3, 0.4) is 0 Å². The number of nitrogen functional groups attached to an aromatic ring is 1. The second-order valence-electron chi connectivity index (χ2n) is 5.70. The van der Waals surface area contributed by atoms with Gasteiger partial charge in [-0.3, -0.25) is 4.79 Å². The third-order valence-electron chi connectivity index (χ3n) is 4.10. The normalized spacial score (nSPS) is 17.4. The Morgan fingerprint density at radius 1 is 1.24 bits per heavy atom. The van der Waals surface area contributed by atoms with Gasteiger partial charge in [0.15, 0.2) is 0 Å². The van der Waals surface area contributed by atoms with Gasteiger partial charge in [0.1, 0.15) is 0 Å². The molecular weight excluding hydrogens is 260 g/mol. The average molecular weight is 280 g/mol. The minimum absolute atomic E-state index is 0.139. The van der Waals surface area contributed by atoms with E-state index in [0.717, 1.165) is 24.1 Å². The molecule has 1 aliphatic rings. The standard InChI is InChI=1S/C18H20N2O/c1-13-9-10-15-6-2-3-8-17(15)20(13)18(21)12-14-5-4-7-16(19)11-14/h2-8,11,13H,9-10,12,19H2,1H3. The van der Waals surface area contributed by atoms with E-state index in [1.165, 1.54) is 5.56 Å². The summed E-state index contributed by atoms with van der Waals surface area (Å²) in [5.41, 5.74) is 9.78. The number of hydrogen-bond donors (Lipinski definition) is 1. The van der Waals surface area contributed by atoms with Crippen LogP contribution in [0.25, 0.3) is 0 Å². The van der Waals surface area contributed by atoms with Crippen LogP contribution in [0.15, 0.2) is 48.5 Å². The number of aryl methyl sites for hydroxylation is 1. The summed E-state index contributed by atoms with van der Waals surface area (Å²) in [6.07, 6.45) is 2.45. The number of hydrogen-bond acceptors (Lipinski definition) is 2. The Morgan fingerprint density at radius 3 is 2.86 bits per heavy atom. The summed E-state index contributed by atoms with van der Waals surface area (Å²) in [6, 6.07) is 16.0. The Bertz CT molecular complexity index is 666. The molecule has 3 heteroatoms. The highest BCUT2D eigenvalue weighted by Gasteiger charge is 2.27. The molecule has 2 N–H and O–H groups in total. The average Bonchev–Trinajstić information content (AvgIpc) is 2.47. The minimum Gasteiger partial charge on any atom is -0.399 e. The van der Waals surface area contributed by atoms with Gasteiger partial charge in [0.05, 0.1) is 6.42 Å². The third-order valence-corrected chi connectivity index (χ3v) is 4.10. The van der Waals surface area contributed by atoms with E-state index >= 15 is 0 Å². The number of amides is 1. The van der Waals surface area contributed by atoms with Gasteiger partial charge in [0.25, 0.3) is 0 Å². The Kier molecular flexibility index (Phi) is 3.65. The molecule has 108 valence electrons. The molecule has 0 saturated heterocycles. The van der Waals surface area contributed by atoms with Gasteiger partial charge >= 0.3 is 0 Å². The Labute approximate surface area is 125 Å². The summed E-state index contributed by atoms with van der Waals surface area (Å²) in [6.45, 7) is 2.12. The fraction of sp³-hybridized carbons (Fsp3) is 0.278. The molecule has 0 aliphatic carbocycles. The number of nitrogens with zero attached hydrogens (tertiary/aromatic N) is 1. The quantitative estimate of drug-likeness (QED) is 0.859.